The third-order valence-electron chi connectivity index (χ3n) is 8.70. The van der Waals surface area contributed by atoms with Crippen LogP contribution in [0, 0.1) is 11.8 Å². The van der Waals surface area contributed by atoms with Crippen molar-refractivity contribution in [3.05, 3.63) is 35.4 Å². The topological polar surface area (TPSA) is 94.5 Å². The zero-order chi connectivity index (χ0) is 25.0. The Kier molecular flexibility index (Phi) is 8.64. The summed E-state index contributed by atoms with van der Waals surface area (Å²) in [6.07, 6.45) is 8.94. The molecule has 2 saturated heterocycles. The maximum absolute atomic E-state index is 12.2. The molecule has 7 nitrogen and oxygen atoms in total. The average Bonchev–Trinajstić information content (AvgIpc) is 3.43. The summed E-state index contributed by atoms with van der Waals surface area (Å²) >= 11 is 0. The van der Waals surface area contributed by atoms with Crippen LogP contribution in [0.2, 0.25) is 0 Å². The van der Waals surface area contributed by atoms with Crippen molar-refractivity contribution in [3.63, 3.8) is 0 Å². The predicted octanol–water partition coefficient (Wildman–Crippen LogP) is 4.62. The predicted molar refractivity (Wildman–Crippen MR) is 133 cm³/mol. The number of hydrogen-bond acceptors (Lipinski definition) is 6. The molecule has 6 atom stereocenters. The lowest BCUT2D eigenvalue weighted by Crippen LogP contribution is -2.50. The number of carbonyl (C=O) groups is 1. The molecule has 0 spiro atoms. The highest BCUT2D eigenvalue weighted by molar-refractivity contribution is 5.67. The van der Waals surface area contributed by atoms with Crippen LogP contribution in [0.5, 0.6) is 0 Å². The van der Waals surface area contributed by atoms with Crippen molar-refractivity contribution < 1.29 is 34.0 Å². The summed E-state index contributed by atoms with van der Waals surface area (Å²) < 4.78 is 24.5. The zero-order valence-electron chi connectivity index (χ0n) is 21.3. The van der Waals surface area contributed by atoms with Gasteiger partial charge in [0, 0.05) is 25.6 Å². The Bertz CT molecular complexity index is 838. The van der Waals surface area contributed by atoms with Gasteiger partial charge in [-0.05, 0) is 87.7 Å². The molecule has 2 aliphatic heterocycles. The highest BCUT2D eigenvalue weighted by Crippen LogP contribution is 2.46. The summed E-state index contributed by atoms with van der Waals surface area (Å²) in [5.74, 6) is -0.823. The molecule has 2 heterocycles. The van der Waals surface area contributed by atoms with Gasteiger partial charge in [-0.3, -0.25) is 4.79 Å². The molecule has 2 aliphatic carbocycles. The van der Waals surface area contributed by atoms with Crippen molar-refractivity contribution in [2.24, 2.45) is 11.8 Å². The zero-order valence-corrected chi connectivity index (χ0v) is 21.3. The number of fused-ring (bicyclic) bond motifs is 1. The first-order chi connectivity index (χ1) is 17.5. The van der Waals surface area contributed by atoms with Gasteiger partial charge in [0.05, 0.1) is 24.2 Å². The molecular formula is C29H42O7. The SMILES string of the molecule is O=C(O)C[C@H]1C[C@@H](OC2CCCCO2)C[C@]1(O)[C@@H](CCC1Cc2ccccc2C1)OC1CCCCO1. The lowest BCUT2D eigenvalue weighted by molar-refractivity contribution is -0.240. The summed E-state index contributed by atoms with van der Waals surface area (Å²) in [6.45, 7) is 1.35. The lowest BCUT2D eigenvalue weighted by Gasteiger charge is -2.40. The molecule has 1 aromatic carbocycles. The second-order valence-corrected chi connectivity index (χ2v) is 11.3. The van der Waals surface area contributed by atoms with Gasteiger partial charge in [-0.15, -0.1) is 0 Å². The van der Waals surface area contributed by atoms with Crippen molar-refractivity contribution in [2.45, 2.75) is 114 Å². The number of benzene rings is 1. The van der Waals surface area contributed by atoms with E-state index in [9.17, 15) is 15.0 Å². The fraction of sp³-hybridized carbons (Fsp3) is 0.759. The molecule has 0 aromatic heterocycles. The van der Waals surface area contributed by atoms with E-state index in [1.54, 1.807) is 0 Å². The van der Waals surface area contributed by atoms with Crippen molar-refractivity contribution in [1.29, 1.82) is 0 Å². The van der Waals surface area contributed by atoms with E-state index in [-0.39, 0.29) is 25.1 Å². The van der Waals surface area contributed by atoms with E-state index >= 15 is 0 Å². The Balaban J connectivity index is 1.30. The fourth-order valence-electron chi connectivity index (χ4n) is 6.82. The maximum Gasteiger partial charge on any atom is 0.303 e. The Hall–Kier alpha value is -1.51. The van der Waals surface area contributed by atoms with Crippen molar-refractivity contribution >= 4 is 5.97 Å². The summed E-state index contributed by atoms with van der Waals surface area (Å²) in [6, 6.07) is 8.62. The van der Waals surface area contributed by atoms with Crippen LogP contribution in [0.3, 0.4) is 0 Å². The van der Waals surface area contributed by atoms with Gasteiger partial charge in [0.2, 0.25) is 0 Å². The number of ether oxygens (including phenoxy) is 4. The van der Waals surface area contributed by atoms with E-state index in [1.807, 2.05) is 0 Å². The molecule has 1 aromatic rings. The number of hydrogen-bond donors (Lipinski definition) is 2. The van der Waals surface area contributed by atoms with Crippen LogP contribution in [0.1, 0.15) is 81.8 Å². The summed E-state index contributed by atoms with van der Waals surface area (Å²) in [4.78, 5) is 11.8. The van der Waals surface area contributed by atoms with Crippen molar-refractivity contribution in [1.82, 2.24) is 0 Å². The van der Waals surface area contributed by atoms with Crippen LogP contribution < -0.4 is 0 Å². The minimum absolute atomic E-state index is 0.0951. The summed E-state index contributed by atoms with van der Waals surface area (Å²) in [7, 11) is 0. The van der Waals surface area contributed by atoms with E-state index in [0.29, 0.717) is 38.4 Å². The second-order valence-electron chi connectivity index (χ2n) is 11.3. The van der Waals surface area contributed by atoms with E-state index in [4.69, 9.17) is 18.9 Å². The minimum atomic E-state index is -1.27. The molecule has 3 fully saturated rings. The molecular weight excluding hydrogens is 460 g/mol. The van der Waals surface area contributed by atoms with Gasteiger partial charge in [0.25, 0.3) is 0 Å². The molecule has 200 valence electrons. The molecule has 0 bridgehead atoms. The van der Waals surface area contributed by atoms with Crippen LogP contribution in [-0.2, 0) is 36.6 Å². The number of aliphatic carboxylic acids is 1. The quantitative estimate of drug-likeness (QED) is 0.482. The highest BCUT2D eigenvalue weighted by atomic mass is 16.7. The van der Waals surface area contributed by atoms with Gasteiger partial charge in [0.1, 0.15) is 0 Å². The Labute approximate surface area is 214 Å². The first-order valence-electron chi connectivity index (χ1n) is 14.0. The largest absolute Gasteiger partial charge is 0.481 e. The molecule has 36 heavy (non-hydrogen) atoms. The molecule has 0 amide bonds. The lowest BCUT2D eigenvalue weighted by atomic mass is 9.80. The summed E-state index contributed by atoms with van der Waals surface area (Å²) in [5.41, 5.74) is 1.56. The third-order valence-corrected chi connectivity index (χ3v) is 8.70. The van der Waals surface area contributed by atoms with Crippen LogP contribution in [0.4, 0.5) is 0 Å². The maximum atomic E-state index is 12.2. The first kappa shape index (κ1) is 26.1. The third kappa shape index (κ3) is 6.30. The van der Waals surface area contributed by atoms with Gasteiger partial charge < -0.3 is 29.2 Å². The van der Waals surface area contributed by atoms with Gasteiger partial charge in [-0.25, -0.2) is 0 Å². The molecule has 4 aliphatic rings. The molecule has 0 radical (unpaired) electrons. The van der Waals surface area contributed by atoms with E-state index in [0.717, 1.165) is 57.8 Å². The summed E-state index contributed by atoms with van der Waals surface area (Å²) in [5, 5.41) is 21.9. The molecule has 2 N–H and O–H groups in total. The minimum Gasteiger partial charge on any atom is -0.481 e. The standard InChI is InChI=1S/C29H42O7/c30-26(31)18-23-17-24(35-27-9-3-5-13-33-27)19-29(23,32)25(36-28-10-4-6-14-34-28)12-11-20-15-21-7-1-2-8-22(21)16-20/h1-2,7-8,20,23-25,27-28,32H,3-6,9-19H2,(H,30,31)/t23-,24-,25-,27?,28?,29-/m1/s1. The monoisotopic (exact) mass is 502 g/mol. The second kappa shape index (κ2) is 11.9. The van der Waals surface area contributed by atoms with Crippen LogP contribution in [-0.4, -0.2) is 59.8 Å². The van der Waals surface area contributed by atoms with Crippen LogP contribution in [0.15, 0.2) is 24.3 Å². The Morgan fingerprint density at radius 2 is 1.69 bits per heavy atom. The average molecular weight is 503 g/mol. The highest BCUT2D eigenvalue weighted by Gasteiger charge is 2.53. The Morgan fingerprint density at radius 3 is 2.31 bits per heavy atom. The van der Waals surface area contributed by atoms with Crippen molar-refractivity contribution in [3.8, 4) is 0 Å². The van der Waals surface area contributed by atoms with Gasteiger partial charge >= 0.3 is 5.97 Å². The number of aliphatic hydroxyl groups is 1. The normalized spacial score (nSPS) is 33.9. The van der Waals surface area contributed by atoms with Gasteiger partial charge in [-0.2, -0.15) is 0 Å². The van der Waals surface area contributed by atoms with Crippen molar-refractivity contribution in [2.75, 3.05) is 13.2 Å². The molecule has 7 heteroatoms. The molecule has 5 rings (SSSR count). The first-order valence-corrected chi connectivity index (χ1v) is 14.0. The van der Waals surface area contributed by atoms with Crippen LogP contribution >= 0.6 is 0 Å². The molecule has 2 unspecified atom stereocenters. The Morgan fingerprint density at radius 1 is 1.03 bits per heavy atom. The molecule has 1 saturated carbocycles. The number of rotatable bonds is 10. The smallest absolute Gasteiger partial charge is 0.303 e. The van der Waals surface area contributed by atoms with E-state index in [1.165, 1.54) is 11.1 Å². The number of carboxylic acid groups (broad SMARTS) is 1. The van der Waals surface area contributed by atoms with Gasteiger partial charge in [-0.1, -0.05) is 24.3 Å². The van der Waals surface area contributed by atoms with Gasteiger partial charge in [0.15, 0.2) is 12.6 Å². The van der Waals surface area contributed by atoms with Crippen LogP contribution in [0.25, 0.3) is 0 Å². The fourth-order valence-corrected chi connectivity index (χ4v) is 6.82. The van der Waals surface area contributed by atoms with E-state index < -0.39 is 23.6 Å². The van der Waals surface area contributed by atoms with E-state index in [2.05, 4.69) is 24.3 Å². The number of carboxylic acids is 1.